The van der Waals surface area contributed by atoms with Crippen LogP contribution in [0.3, 0.4) is 0 Å². The molecule has 6 heteroatoms. The van der Waals surface area contributed by atoms with Gasteiger partial charge in [-0.25, -0.2) is 15.0 Å². The number of nitrogens with zero attached hydrogens (tertiary/aromatic N) is 5. The van der Waals surface area contributed by atoms with E-state index in [9.17, 15) is 0 Å². The van der Waals surface area contributed by atoms with E-state index in [0.717, 1.165) is 34.4 Å². The van der Waals surface area contributed by atoms with Crippen molar-refractivity contribution in [3.63, 3.8) is 0 Å². The Kier molecular flexibility index (Phi) is 3.31. The van der Waals surface area contributed by atoms with Crippen molar-refractivity contribution in [2.75, 3.05) is 0 Å². The van der Waals surface area contributed by atoms with Crippen molar-refractivity contribution in [1.29, 1.82) is 0 Å². The van der Waals surface area contributed by atoms with Gasteiger partial charge in [0.1, 0.15) is 0 Å². The van der Waals surface area contributed by atoms with Crippen LogP contribution in [0.25, 0.3) is 16.8 Å². The zero-order valence-corrected chi connectivity index (χ0v) is 13.0. The molecule has 0 amide bonds. The van der Waals surface area contributed by atoms with Crippen LogP contribution >= 0.6 is 11.8 Å². The fourth-order valence-corrected chi connectivity index (χ4v) is 3.52. The third kappa shape index (κ3) is 2.25. The van der Waals surface area contributed by atoms with Gasteiger partial charge in [0.05, 0.1) is 16.7 Å². The number of hydrogen-bond donors (Lipinski definition) is 0. The maximum Gasteiger partial charge on any atom is 0.233 e. The average molecular weight is 309 g/mol. The molecule has 22 heavy (non-hydrogen) atoms. The minimum atomic E-state index is 0.738. The van der Waals surface area contributed by atoms with E-state index in [4.69, 9.17) is 4.98 Å². The summed E-state index contributed by atoms with van der Waals surface area (Å²) in [6.07, 6.45) is 5.74. The summed E-state index contributed by atoms with van der Waals surface area (Å²) in [7, 11) is 0. The van der Waals surface area contributed by atoms with Crippen LogP contribution in [0.1, 0.15) is 12.6 Å². The topological polar surface area (TPSA) is 48.0 Å². The van der Waals surface area contributed by atoms with Gasteiger partial charge in [0.2, 0.25) is 5.78 Å². The fraction of sp³-hybridized carbons (Fsp3) is 0.188. The highest BCUT2D eigenvalue weighted by molar-refractivity contribution is 7.98. The van der Waals surface area contributed by atoms with Gasteiger partial charge in [0, 0.05) is 30.9 Å². The number of fused-ring (bicyclic) bond motifs is 2. The molecule has 0 radical (unpaired) electrons. The predicted octanol–water partition coefficient (Wildman–Crippen LogP) is 3.39. The van der Waals surface area contributed by atoms with Crippen LogP contribution in [-0.2, 0) is 12.3 Å². The zero-order chi connectivity index (χ0) is 14.9. The molecule has 3 heterocycles. The highest BCUT2D eigenvalue weighted by Gasteiger charge is 2.11. The number of aryl methyl sites for hydroxylation is 1. The van der Waals surface area contributed by atoms with Gasteiger partial charge in [0.15, 0.2) is 5.16 Å². The minimum Gasteiger partial charge on any atom is -0.319 e. The summed E-state index contributed by atoms with van der Waals surface area (Å²) < 4.78 is 4.19. The number of benzene rings is 1. The molecule has 0 N–H and O–H groups in total. The Bertz CT molecular complexity index is 907. The first-order valence-electron chi connectivity index (χ1n) is 7.22. The lowest BCUT2D eigenvalue weighted by Crippen LogP contribution is -1.96. The molecule has 3 aromatic heterocycles. The highest BCUT2D eigenvalue weighted by atomic mass is 32.2. The summed E-state index contributed by atoms with van der Waals surface area (Å²) in [6.45, 7) is 3.06. The summed E-state index contributed by atoms with van der Waals surface area (Å²) >= 11 is 1.71. The molecule has 0 fully saturated rings. The highest BCUT2D eigenvalue weighted by Crippen LogP contribution is 2.26. The Morgan fingerprint density at radius 2 is 2.05 bits per heavy atom. The zero-order valence-electron chi connectivity index (χ0n) is 12.2. The SMILES string of the molecule is CCn1c(SCc2cn3cccnc3n2)nc2ccccc21. The molecule has 0 aliphatic carbocycles. The summed E-state index contributed by atoms with van der Waals surface area (Å²) in [5.74, 6) is 1.52. The molecule has 110 valence electrons. The number of imidazole rings is 2. The summed E-state index contributed by atoms with van der Waals surface area (Å²) in [6, 6.07) is 10.2. The molecule has 4 rings (SSSR count). The second kappa shape index (κ2) is 5.46. The first-order valence-corrected chi connectivity index (χ1v) is 8.20. The maximum atomic E-state index is 4.73. The molecule has 0 aliphatic heterocycles. The van der Waals surface area contributed by atoms with E-state index < -0.39 is 0 Å². The van der Waals surface area contributed by atoms with Crippen LogP contribution in [0.15, 0.2) is 54.1 Å². The quantitative estimate of drug-likeness (QED) is 0.542. The van der Waals surface area contributed by atoms with Crippen molar-refractivity contribution in [3.05, 3.63) is 54.6 Å². The van der Waals surface area contributed by atoms with E-state index in [1.807, 2.05) is 28.9 Å². The number of thioether (sulfide) groups is 1. The Morgan fingerprint density at radius 1 is 1.14 bits per heavy atom. The van der Waals surface area contributed by atoms with Crippen molar-refractivity contribution in [3.8, 4) is 0 Å². The monoisotopic (exact) mass is 309 g/mol. The molecule has 0 spiro atoms. The normalized spacial score (nSPS) is 11.5. The summed E-state index contributed by atoms with van der Waals surface area (Å²) in [4.78, 5) is 13.5. The average Bonchev–Trinajstić information content (AvgIpc) is 3.12. The fourth-order valence-electron chi connectivity index (χ4n) is 2.56. The van der Waals surface area contributed by atoms with Crippen LogP contribution < -0.4 is 0 Å². The summed E-state index contributed by atoms with van der Waals surface area (Å²) in [5.41, 5.74) is 3.24. The van der Waals surface area contributed by atoms with Crippen LogP contribution in [-0.4, -0.2) is 23.9 Å². The first kappa shape index (κ1) is 13.3. The first-order chi connectivity index (χ1) is 10.8. The Balaban J connectivity index is 1.63. The lowest BCUT2D eigenvalue weighted by atomic mass is 10.3. The molecular weight excluding hydrogens is 294 g/mol. The number of aromatic nitrogens is 5. The van der Waals surface area contributed by atoms with Crippen molar-refractivity contribution < 1.29 is 0 Å². The predicted molar refractivity (Wildman–Crippen MR) is 88.0 cm³/mol. The third-order valence-electron chi connectivity index (χ3n) is 3.57. The van der Waals surface area contributed by atoms with Gasteiger partial charge >= 0.3 is 0 Å². The molecule has 5 nitrogen and oxygen atoms in total. The standard InChI is InChI=1S/C16H15N5S/c1-2-21-14-7-4-3-6-13(14)19-16(21)22-11-12-10-20-9-5-8-17-15(20)18-12/h3-10H,2,11H2,1H3. The van der Waals surface area contributed by atoms with Gasteiger partial charge in [-0.05, 0) is 25.1 Å². The molecule has 0 atom stereocenters. The molecule has 4 aromatic rings. The number of para-hydroxylation sites is 2. The van der Waals surface area contributed by atoms with E-state index in [1.54, 1.807) is 18.0 Å². The van der Waals surface area contributed by atoms with Crippen LogP contribution in [0.5, 0.6) is 0 Å². The van der Waals surface area contributed by atoms with Gasteiger partial charge in [-0.1, -0.05) is 23.9 Å². The van der Waals surface area contributed by atoms with Crippen molar-refractivity contribution >= 4 is 28.6 Å². The molecule has 0 unspecified atom stereocenters. The summed E-state index contributed by atoms with van der Waals surface area (Å²) in [5, 5.41) is 1.04. The molecule has 0 aliphatic rings. The van der Waals surface area contributed by atoms with Crippen molar-refractivity contribution in [2.24, 2.45) is 0 Å². The van der Waals surface area contributed by atoms with Gasteiger partial charge in [-0.15, -0.1) is 0 Å². The molecule has 0 bridgehead atoms. The second-order valence-electron chi connectivity index (χ2n) is 4.98. The van der Waals surface area contributed by atoms with Gasteiger partial charge in [-0.3, -0.25) is 4.40 Å². The largest absolute Gasteiger partial charge is 0.319 e. The van der Waals surface area contributed by atoms with E-state index >= 15 is 0 Å². The van der Waals surface area contributed by atoms with Crippen LogP contribution in [0, 0.1) is 0 Å². The second-order valence-corrected chi connectivity index (χ2v) is 5.92. The Morgan fingerprint density at radius 3 is 2.91 bits per heavy atom. The molecule has 1 aromatic carbocycles. The lowest BCUT2D eigenvalue weighted by molar-refractivity contribution is 0.702. The lowest BCUT2D eigenvalue weighted by Gasteiger charge is -2.04. The smallest absolute Gasteiger partial charge is 0.233 e. The van der Waals surface area contributed by atoms with E-state index in [1.165, 1.54) is 5.52 Å². The van der Waals surface area contributed by atoms with E-state index in [-0.39, 0.29) is 0 Å². The number of hydrogen-bond acceptors (Lipinski definition) is 4. The van der Waals surface area contributed by atoms with Crippen molar-refractivity contribution in [2.45, 2.75) is 24.4 Å². The Labute approximate surface area is 132 Å². The molecule has 0 saturated heterocycles. The maximum absolute atomic E-state index is 4.73. The van der Waals surface area contributed by atoms with Gasteiger partial charge in [0.25, 0.3) is 0 Å². The molecular formula is C16H15N5S. The molecule has 0 saturated carbocycles. The van der Waals surface area contributed by atoms with E-state index in [2.05, 4.69) is 39.7 Å². The third-order valence-corrected chi connectivity index (χ3v) is 4.58. The van der Waals surface area contributed by atoms with Crippen LogP contribution in [0.2, 0.25) is 0 Å². The Hall–Kier alpha value is -2.34. The van der Waals surface area contributed by atoms with Crippen LogP contribution in [0.4, 0.5) is 0 Å². The number of rotatable bonds is 4. The van der Waals surface area contributed by atoms with Gasteiger partial charge < -0.3 is 4.57 Å². The van der Waals surface area contributed by atoms with Crippen molar-refractivity contribution in [1.82, 2.24) is 23.9 Å². The van der Waals surface area contributed by atoms with E-state index in [0.29, 0.717) is 0 Å². The minimum absolute atomic E-state index is 0.738. The van der Waals surface area contributed by atoms with Gasteiger partial charge in [-0.2, -0.15) is 0 Å².